The van der Waals surface area contributed by atoms with E-state index >= 15 is 0 Å². The molecule has 4 nitrogen and oxygen atoms in total. The SMILES string of the molecule is CC(C)(C)c1csc(NC(=O)C2CCOC2)n1. The van der Waals surface area contributed by atoms with Crippen LogP contribution in [0.4, 0.5) is 5.13 Å². The Labute approximate surface area is 105 Å². The van der Waals surface area contributed by atoms with Crippen molar-refractivity contribution in [3.05, 3.63) is 11.1 Å². The van der Waals surface area contributed by atoms with E-state index in [0.717, 1.165) is 12.1 Å². The minimum Gasteiger partial charge on any atom is -0.381 e. The van der Waals surface area contributed by atoms with Gasteiger partial charge in [-0.3, -0.25) is 4.79 Å². The summed E-state index contributed by atoms with van der Waals surface area (Å²) in [5.41, 5.74) is 1.04. The van der Waals surface area contributed by atoms with Crippen LogP contribution in [0.2, 0.25) is 0 Å². The van der Waals surface area contributed by atoms with Gasteiger partial charge in [-0.15, -0.1) is 11.3 Å². The molecule has 1 saturated heterocycles. The number of thiazole rings is 1. The monoisotopic (exact) mass is 254 g/mol. The van der Waals surface area contributed by atoms with E-state index in [1.165, 1.54) is 11.3 Å². The van der Waals surface area contributed by atoms with Crippen molar-refractivity contribution in [2.24, 2.45) is 5.92 Å². The molecule has 2 rings (SSSR count). The second kappa shape index (κ2) is 4.74. The summed E-state index contributed by atoms with van der Waals surface area (Å²) in [5, 5.41) is 5.55. The lowest BCUT2D eigenvalue weighted by Crippen LogP contribution is -2.23. The lowest BCUT2D eigenvalue weighted by atomic mass is 9.93. The first-order chi connectivity index (χ1) is 7.97. The normalized spacial score (nSPS) is 20.5. The van der Waals surface area contributed by atoms with Crippen molar-refractivity contribution in [2.75, 3.05) is 18.5 Å². The number of hydrogen-bond donors (Lipinski definition) is 1. The number of carbonyl (C=O) groups excluding carboxylic acids is 1. The molecule has 1 amide bonds. The number of anilines is 1. The second-order valence-electron chi connectivity index (χ2n) is 5.34. The highest BCUT2D eigenvalue weighted by Gasteiger charge is 2.25. The largest absolute Gasteiger partial charge is 0.381 e. The van der Waals surface area contributed by atoms with Crippen molar-refractivity contribution in [3.63, 3.8) is 0 Å². The van der Waals surface area contributed by atoms with Crippen molar-refractivity contribution in [1.29, 1.82) is 0 Å². The number of aromatic nitrogens is 1. The Bertz CT molecular complexity index is 403. The summed E-state index contributed by atoms with van der Waals surface area (Å²) in [4.78, 5) is 16.3. The third-order valence-corrected chi connectivity index (χ3v) is 3.56. The Kier molecular flexibility index (Phi) is 3.49. The fraction of sp³-hybridized carbons (Fsp3) is 0.667. The minimum atomic E-state index is -0.0167. The van der Waals surface area contributed by atoms with E-state index < -0.39 is 0 Å². The molecular weight excluding hydrogens is 236 g/mol. The van der Waals surface area contributed by atoms with E-state index in [4.69, 9.17) is 4.74 Å². The van der Waals surface area contributed by atoms with E-state index in [9.17, 15) is 4.79 Å². The molecule has 1 fully saturated rings. The van der Waals surface area contributed by atoms with E-state index in [1.807, 2.05) is 5.38 Å². The van der Waals surface area contributed by atoms with Gasteiger partial charge in [-0.1, -0.05) is 20.8 Å². The Morgan fingerprint density at radius 3 is 2.88 bits per heavy atom. The van der Waals surface area contributed by atoms with Crippen LogP contribution in [0.3, 0.4) is 0 Å². The molecule has 0 spiro atoms. The Hall–Kier alpha value is -0.940. The quantitative estimate of drug-likeness (QED) is 0.881. The summed E-state index contributed by atoms with van der Waals surface area (Å²) in [7, 11) is 0. The maximum Gasteiger partial charge on any atom is 0.231 e. The molecule has 1 N–H and O–H groups in total. The van der Waals surface area contributed by atoms with Crippen LogP contribution in [0.1, 0.15) is 32.9 Å². The van der Waals surface area contributed by atoms with Crippen molar-refractivity contribution in [2.45, 2.75) is 32.6 Å². The summed E-state index contributed by atoms with van der Waals surface area (Å²) in [6.07, 6.45) is 0.809. The molecule has 1 atom stereocenters. The second-order valence-corrected chi connectivity index (χ2v) is 6.20. The molecule has 94 valence electrons. The maximum absolute atomic E-state index is 11.8. The summed E-state index contributed by atoms with van der Waals surface area (Å²) in [6.45, 7) is 7.54. The number of carbonyl (C=O) groups is 1. The highest BCUT2D eigenvalue weighted by atomic mass is 32.1. The van der Waals surface area contributed by atoms with Crippen molar-refractivity contribution >= 4 is 22.4 Å². The van der Waals surface area contributed by atoms with E-state index in [2.05, 4.69) is 31.1 Å². The average molecular weight is 254 g/mol. The van der Waals surface area contributed by atoms with Crippen molar-refractivity contribution < 1.29 is 9.53 Å². The number of hydrogen-bond acceptors (Lipinski definition) is 4. The molecule has 2 heterocycles. The molecule has 1 aromatic heterocycles. The van der Waals surface area contributed by atoms with Gasteiger partial charge in [0.15, 0.2) is 5.13 Å². The minimum absolute atomic E-state index is 0.0167. The van der Waals surface area contributed by atoms with Gasteiger partial charge in [0.1, 0.15) is 0 Å². The number of nitrogens with one attached hydrogen (secondary N) is 1. The van der Waals surface area contributed by atoms with E-state index in [1.54, 1.807) is 0 Å². The number of rotatable bonds is 2. The highest BCUT2D eigenvalue weighted by Crippen LogP contribution is 2.27. The van der Waals surface area contributed by atoms with Gasteiger partial charge in [0.2, 0.25) is 5.91 Å². The van der Waals surface area contributed by atoms with Crippen LogP contribution in [0, 0.1) is 5.92 Å². The van der Waals surface area contributed by atoms with Gasteiger partial charge in [0.05, 0.1) is 18.2 Å². The average Bonchev–Trinajstić information content (AvgIpc) is 2.85. The molecule has 0 radical (unpaired) electrons. The Morgan fingerprint density at radius 2 is 2.35 bits per heavy atom. The lowest BCUT2D eigenvalue weighted by Gasteiger charge is -2.14. The zero-order chi connectivity index (χ0) is 12.5. The predicted molar refractivity (Wildman–Crippen MR) is 68.4 cm³/mol. The molecule has 17 heavy (non-hydrogen) atoms. The fourth-order valence-corrected chi connectivity index (χ4v) is 2.56. The first-order valence-electron chi connectivity index (χ1n) is 5.81. The topological polar surface area (TPSA) is 51.2 Å². The first kappa shape index (κ1) is 12.5. The third kappa shape index (κ3) is 3.04. The molecule has 1 aliphatic heterocycles. The highest BCUT2D eigenvalue weighted by molar-refractivity contribution is 7.13. The molecule has 0 saturated carbocycles. The molecule has 0 aliphatic carbocycles. The zero-order valence-electron chi connectivity index (χ0n) is 10.4. The molecule has 1 unspecified atom stereocenters. The number of ether oxygens (including phenoxy) is 1. The van der Waals surface area contributed by atoms with Gasteiger partial charge in [-0.2, -0.15) is 0 Å². The van der Waals surface area contributed by atoms with Gasteiger partial charge in [0, 0.05) is 17.4 Å². The van der Waals surface area contributed by atoms with Crippen LogP contribution in [0.5, 0.6) is 0 Å². The summed E-state index contributed by atoms with van der Waals surface area (Å²) in [5.74, 6) is 0.00861. The first-order valence-corrected chi connectivity index (χ1v) is 6.69. The molecule has 1 aromatic rings. The van der Waals surface area contributed by atoms with Crippen molar-refractivity contribution in [3.8, 4) is 0 Å². The maximum atomic E-state index is 11.8. The van der Waals surface area contributed by atoms with Crippen LogP contribution in [-0.4, -0.2) is 24.1 Å². The van der Waals surface area contributed by atoms with Gasteiger partial charge >= 0.3 is 0 Å². The fourth-order valence-electron chi connectivity index (χ4n) is 1.62. The third-order valence-electron chi connectivity index (χ3n) is 2.80. The summed E-state index contributed by atoms with van der Waals surface area (Å²) >= 11 is 1.48. The van der Waals surface area contributed by atoms with Crippen molar-refractivity contribution in [1.82, 2.24) is 4.98 Å². The van der Waals surface area contributed by atoms with Gasteiger partial charge in [-0.25, -0.2) is 4.98 Å². The molecular formula is C12H18N2O2S. The van der Waals surface area contributed by atoms with Gasteiger partial charge in [0.25, 0.3) is 0 Å². The zero-order valence-corrected chi connectivity index (χ0v) is 11.3. The Morgan fingerprint density at radius 1 is 1.59 bits per heavy atom. The Balaban J connectivity index is 1.99. The number of nitrogens with zero attached hydrogens (tertiary/aromatic N) is 1. The van der Waals surface area contributed by atoms with Crippen LogP contribution in [0.15, 0.2) is 5.38 Å². The van der Waals surface area contributed by atoms with Crippen LogP contribution < -0.4 is 5.32 Å². The molecule has 1 aliphatic rings. The van der Waals surface area contributed by atoms with Gasteiger partial charge < -0.3 is 10.1 Å². The number of amides is 1. The summed E-state index contributed by atoms with van der Waals surface area (Å²) in [6, 6.07) is 0. The lowest BCUT2D eigenvalue weighted by molar-refractivity contribution is -0.119. The summed E-state index contributed by atoms with van der Waals surface area (Å²) < 4.78 is 5.20. The van der Waals surface area contributed by atoms with Crippen LogP contribution >= 0.6 is 11.3 Å². The smallest absolute Gasteiger partial charge is 0.231 e. The van der Waals surface area contributed by atoms with Crippen LogP contribution in [0.25, 0.3) is 0 Å². The van der Waals surface area contributed by atoms with E-state index in [0.29, 0.717) is 18.3 Å². The standard InChI is InChI=1S/C12H18N2O2S/c1-12(2,3)9-7-17-11(13-9)14-10(15)8-4-5-16-6-8/h7-8H,4-6H2,1-3H3,(H,13,14,15). The van der Waals surface area contributed by atoms with Gasteiger partial charge in [-0.05, 0) is 6.42 Å². The van der Waals surface area contributed by atoms with E-state index in [-0.39, 0.29) is 17.2 Å². The predicted octanol–water partition coefficient (Wildman–Crippen LogP) is 2.42. The molecule has 0 bridgehead atoms. The molecule has 0 aromatic carbocycles. The molecule has 5 heteroatoms. The van der Waals surface area contributed by atoms with Crippen LogP contribution in [-0.2, 0) is 14.9 Å².